The molecule has 0 aliphatic carbocycles. The highest BCUT2D eigenvalue weighted by Crippen LogP contribution is 2.37. The van der Waals surface area contributed by atoms with E-state index in [-0.39, 0.29) is 5.37 Å². The number of hydrogen-bond acceptors (Lipinski definition) is 5. The molecule has 2 unspecified atom stereocenters. The summed E-state index contributed by atoms with van der Waals surface area (Å²) in [7, 11) is 0. The lowest BCUT2D eigenvalue weighted by Crippen LogP contribution is -2.33. The van der Waals surface area contributed by atoms with Gasteiger partial charge in [-0.1, -0.05) is 29.8 Å². The molecule has 0 amide bonds. The summed E-state index contributed by atoms with van der Waals surface area (Å²) < 4.78 is 11.7. The Morgan fingerprint density at radius 2 is 1.89 bits per heavy atom. The topological polar surface area (TPSA) is 67.8 Å². The van der Waals surface area contributed by atoms with Gasteiger partial charge in [-0.15, -0.1) is 11.8 Å². The summed E-state index contributed by atoms with van der Waals surface area (Å²) in [6.45, 7) is 4.69. The molecule has 0 saturated carbocycles. The number of carboxylic acid groups (broad SMARTS) is 1. The summed E-state index contributed by atoms with van der Waals surface area (Å²) in [4.78, 5) is 11.1. The highest BCUT2D eigenvalue weighted by molar-refractivity contribution is 7.99. The van der Waals surface area contributed by atoms with E-state index in [1.54, 1.807) is 11.8 Å². The fraction of sp³-hybridized carbons (Fsp3) is 0.350. The number of ether oxygens (including phenoxy) is 2. The summed E-state index contributed by atoms with van der Waals surface area (Å²) in [5.41, 5.74) is 2.91. The van der Waals surface area contributed by atoms with Gasteiger partial charge in [-0.3, -0.25) is 10.1 Å². The lowest BCUT2D eigenvalue weighted by molar-refractivity contribution is -0.138. The van der Waals surface area contributed by atoms with Gasteiger partial charge in [0.15, 0.2) is 0 Å². The number of para-hydroxylation sites is 1. The first-order chi connectivity index (χ1) is 13.0. The highest BCUT2D eigenvalue weighted by atomic mass is 35.5. The van der Waals surface area contributed by atoms with E-state index in [9.17, 15) is 4.79 Å². The smallest absolute Gasteiger partial charge is 0.321 e. The lowest BCUT2D eigenvalue weighted by atomic mass is 10.1. The number of benzene rings is 2. The molecule has 1 fully saturated rings. The van der Waals surface area contributed by atoms with E-state index in [4.69, 9.17) is 26.2 Å². The molecule has 0 spiro atoms. The molecule has 2 atom stereocenters. The Hall–Kier alpha value is -1.89. The standard InChI is InChI=1S/C20H22ClNO4S/c1-12-9-14(10-13(2)18(12)21)25-7-8-26-17-6-4-3-5-15(17)19-22-16(11-27-19)20(23)24/h3-6,9-10,16,19,22H,7-8,11H2,1-2H3,(H,23,24). The van der Waals surface area contributed by atoms with Crippen LogP contribution in [0.25, 0.3) is 0 Å². The third-order valence-corrected chi connectivity index (χ3v) is 6.15. The Morgan fingerprint density at radius 1 is 1.22 bits per heavy atom. The van der Waals surface area contributed by atoms with Crippen molar-refractivity contribution in [3.8, 4) is 11.5 Å². The number of carbonyl (C=O) groups is 1. The minimum Gasteiger partial charge on any atom is -0.490 e. The molecule has 0 radical (unpaired) electrons. The molecule has 1 aliphatic heterocycles. The van der Waals surface area contributed by atoms with Crippen molar-refractivity contribution >= 4 is 29.3 Å². The fourth-order valence-electron chi connectivity index (χ4n) is 2.92. The SMILES string of the molecule is Cc1cc(OCCOc2ccccc2C2NC(C(=O)O)CS2)cc(C)c1Cl. The van der Waals surface area contributed by atoms with Crippen molar-refractivity contribution < 1.29 is 19.4 Å². The van der Waals surface area contributed by atoms with Crippen molar-refractivity contribution in [3.05, 3.63) is 58.1 Å². The van der Waals surface area contributed by atoms with Crippen molar-refractivity contribution in [2.45, 2.75) is 25.3 Å². The van der Waals surface area contributed by atoms with Crippen LogP contribution in [-0.2, 0) is 4.79 Å². The number of carboxylic acids is 1. The normalized spacial score (nSPS) is 19.1. The Balaban J connectivity index is 1.57. The molecule has 7 heteroatoms. The summed E-state index contributed by atoms with van der Waals surface area (Å²) in [6.07, 6.45) is 0. The maximum atomic E-state index is 11.1. The number of aliphatic carboxylic acids is 1. The van der Waals surface area contributed by atoms with Crippen LogP contribution >= 0.6 is 23.4 Å². The molecule has 27 heavy (non-hydrogen) atoms. The summed E-state index contributed by atoms with van der Waals surface area (Å²) in [6, 6.07) is 11.0. The van der Waals surface area contributed by atoms with Crippen molar-refractivity contribution in [2.24, 2.45) is 0 Å². The molecule has 0 bridgehead atoms. The van der Waals surface area contributed by atoms with Gasteiger partial charge in [0, 0.05) is 16.3 Å². The second-order valence-corrected chi connectivity index (χ2v) is 7.89. The van der Waals surface area contributed by atoms with Crippen LogP contribution in [0.5, 0.6) is 11.5 Å². The first kappa shape index (κ1) is 19.9. The summed E-state index contributed by atoms with van der Waals surface area (Å²) in [5.74, 6) is 1.21. The van der Waals surface area contributed by atoms with Gasteiger partial charge in [0.25, 0.3) is 0 Å². The van der Waals surface area contributed by atoms with Crippen LogP contribution < -0.4 is 14.8 Å². The van der Waals surface area contributed by atoms with E-state index >= 15 is 0 Å². The van der Waals surface area contributed by atoms with Crippen LogP contribution in [0.4, 0.5) is 0 Å². The molecule has 3 rings (SSSR count). The second kappa shape index (κ2) is 8.87. The molecule has 0 aromatic heterocycles. The maximum Gasteiger partial charge on any atom is 0.321 e. The molecular weight excluding hydrogens is 386 g/mol. The van der Waals surface area contributed by atoms with Gasteiger partial charge >= 0.3 is 5.97 Å². The van der Waals surface area contributed by atoms with Crippen LogP contribution in [0.2, 0.25) is 5.02 Å². The van der Waals surface area contributed by atoms with E-state index in [0.29, 0.717) is 19.0 Å². The van der Waals surface area contributed by atoms with Crippen molar-refractivity contribution in [1.29, 1.82) is 0 Å². The molecular formula is C20H22ClNO4S. The molecule has 144 valence electrons. The zero-order valence-corrected chi connectivity index (χ0v) is 16.8. The van der Waals surface area contributed by atoms with Crippen LogP contribution in [-0.4, -0.2) is 36.1 Å². The third-order valence-electron chi connectivity index (χ3n) is 4.30. The Bertz CT molecular complexity index is 806. The lowest BCUT2D eigenvalue weighted by Gasteiger charge is -2.17. The van der Waals surface area contributed by atoms with Gasteiger partial charge in [0.2, 0.25) is 0 Å². The van der Waals surface area contributed by atoms with E-state index < -0.39 is 12.0 Å². The van der Waals surface area contributed by atoms with Crippen molar-refractivity contribution in [1.82, 2.24) is 5.32 Å². The predicted octanol–water partition coefficient (Wildman–Crippen LogP) is 4.20. The second-order valence-electron chi connectivity index (χ2n) is 6.38. The molecule has 2 aromatic carbocycles. The number of halogens is 1. The predicted molar refractivity (Wildman–Crippen MR) is 108 cm³/mol. The van der Waals surface area contributed by atoms with Gasteiger partial charge in [0.1, 0.15) is 30.8 Å². The van der Waals surface area contributed by atoms with E-state index in [1.165, 1.54) is 0 Å². The van der Waals surface area contributed by atoms with Gasteiger partial charge in [-0.25, -0.2) is 0 Å². The quantitative estimate of drug-likeness (QED) is 0.670. The largest absolute Gasteiger partial charge is 0.490 e. The Labute approximate surface area is 168 Å². The molecule has 1 aliphatic rings. The number of nitrogens with one attached hydrogen (secondary N) is 1. The molecule has 1 heterocycles. The molecule has 2 N–H and O–H groups in total. The number of hydrogen-bond donors (Lipinski definition) is 2. The average molecular weight is 408 g/mol. The minimum absolute atomic E-state index is 0.0928. The number of rotatable bonds is 7. The van der Waals surface area contributed by atoms with Crippen LogP contribution in [0.1, 0.15) is 22.1 Å². The molecule has 2 aromatic rings. The Morgan fingerprint density at radius 3 is 2.56 bits per heavy atom. The van der Waals surface area contributed by atoms with Crippen molar-refractivity contribution in [3.63, 3.8) is 0 Å². The summed E-state index contributed by atoms with van der Waals surface area (Å²) >= 11 is 7.75. The highest BCUT2D eigenvalue weighted by Gasteiger charge is 2.31. The zero-order valence-electron chi connectivity index (χ0n) is 15.2. The number of thioether (sulfide) groups is 1. The minimum atomic E-state index is -0.828. The van der Waals surface area contributed by atoms with Crippen LogP contribution in [0.15, 0.2) is 36.4 Å². The first-order valence-corrected chi connectivity index (χ1v) is 10.1. The monoisotopic (exact) mass is 407 g/mol. The maximum absolute atomic E-state index is 11.1. The van der Waals surface area contributed by atoms with E-state index in [1.807, 2.05) is 50.2 Å². The van der Waals surface area contributed by atoms with Crippen molar-refractivity contribution in [2.75, 3.05) is 19.0 Å². The average Bonchev–Trinajstić information content (AvgIpc) is 3.14. The van der Waals surface area contributed by atoms with E-state index in [0.717, 1.165) is 33.2 Å². The fourth-order valence-corrected chi connectivity index (χ4v) is 4.29. The van der Waals surface area contributed by atoms with Crippen LogP contribution in [0, 0.1) is 13.8 Å². The number of aryl methyl sites for hydroxylation is 2. The third kappa shape index (κ3) is 4.89. The van der Waals surface area contributed by atoms with Gasteiger partial charge < -0.3 is 14.6 Å². The molecule has 5 nitrogen and oxygen atoms in total. The van der Waals surface area contributed by atoms with Gasteiger partial charge in [-0.2, -0.15) is 0 Å². The Kier molecular flexibility index (Phi) is 6.52. The van der Waals surface area contributed by atoms with Gasteiger partial charge in [-0.05, 0) is 43.2 Å². The van der Waals surface area contributed by atoms with Crippen LogP contribution in [0.3, 0.4) is 0 Å². The first-order valence-electron chi connectivity index (χ1n) is 8.67. The molecule has 1 saturated heterocycles. The summed E-state index contributed by atoms with van der Waals surface area (Å²) in [5, 5.41) is 12.9. The zero-order chi connectivity index (χ0) is 19.4. The van der Waals surface area contributed by atoms with E-state index in [2.05, 4.69) is 5.32 Å². The van der Waals surface area contributed by atoms with Gasteiger partial charge in [0.05, 0.1) is 5.37 Å².